The molecule has 0 saturated carbocycles. The number of halogens is 1. The van der Waals surface area contributed by atoms with Crippen molar-refractivity contribution in [2.75, 3.05) is 0 Å². The van der Waals surface area contributed by atoms with Crippen molar-refractivity contribution in [1.29, 1.82) is 0 Å². The van der Waals surface area contributed by atoms with Crippen molar-refractivity contribution in [2.24, 2.45) is 0 Å². The first-order chi connectivity index (χ1) is 10.5. The molecule has 1 N–H and O–H groups in total. The summed E-state index contributed by atoms with van der Waals surface area (Å²) in [4.78, 5) is 22.4. The summed E-state index contributed by atoms with van der Waals surface area (Å²) in [7, 11) is 0. The van der Waals surface area contributed by atoms with Gasteiger partial charge in [-0.1, -0.05) is 23.7 Å². The Morgan fingerprint density at radius 2 is 1.82 bits per heavy atom. The van der Waals surface area contributed by atoms with E-state index in [2.05, 4.69) is 0 Å². The molecule has 114 valence electrons. The van der Waals surface area contributed by atoms with E-state index in [4.69, 9.17) is 21.4 Å². The maximum atomic E-state index is 11.5. The number of carbonyl (C=O) groups is 2. The summed E-state index contributed by atoms with van der Waals surface area (Å²) in [5, 5.41) is 9.58. The zero-order valence-electron chi connectivity index (χ0n) is 12.0. The lowest BCUT2D eigenvalue weighted by atomic mass is 10.0. The average molecular weight is 319 g/mol. The number of ketones is 1. The predicted molar refractivity (Wildman–Crippen MR) is 83.6 cm³/mol. The van der Waals surface area contributed by atoms with Crippen LogP contribution in [-0.4, -0.2) is 16.9 Å². The monoisotopic (exact) mass is 318 g/mol. The maximum absolute atomic E-state index is 11.5. The van der Waals surface area contributed by atoms with Gasteiger partial charge in [-0.05, 0) is 48.4 Å². The van der Waals surface area contributed by atoms with Crippen LogP contribution in [0.25, 0.3) is 0 Å². The first-order valence-corrected chi connectivity index (χ1v) is 7.06. The van der Waals surface area contributed by atoms with E-state index in [1.165, 1.54) is 6.92 Å². The van der Waals surface area contributed by atoms with Crippen LogP contribution in [-0.2, 0) is 17.8 Å². The van der Waals surface area contributed by atoms with Gasteiger partial charge in [0.1, 0.15) is 12.4 Å². The van der Waals surface area contributed by atoms with E-state index in [0.717, 1.165) is 5.56 Å². The summed E-state index contributed by atoms with van der Waals surface area (Å²) < 4.78 is 5.64. The summed E-state index contributed by atoms with van der Waals surface area (Å²) in [6.07, 6.45) is -0.215. The van der Waals surface area contributed by atoms with Crippen molar-refractivity contribution >= 4 is 23.4 Å². The van der Waals surface area contributed by atoms with Gasteiger partial charge in [-0.15, -0.1) is 0 Å². The molecule has 0 heterocycles. The molecule has 0 spiro atoms. The van der Waals surface area contributed by atoms with E-state index in [1.807, 2.05) is 12.1 Å². The minimum atomic E-state index is -0.989. The highest BCUT2D eigenvalue weighted by molar-refractivity contribution is 6.30. The highest BCUT2D eigenvalue weighted by Gasteiger charge is 2.12. The molecule has 0 radical (unpaired) electrons. The summed E-state index contributed by atoms with van der Waals surface area (Å²) in [6, 6.07) is 12.1. The van der Waals surface area contributed by atoms with Gasteiger partial charge in [-0.25, -0.2) is 0 Å². The largest absolute Gasteiger partial charge is 0.489 e. The summed E-state index contributed by atoms with van der Waals surface area (Å²) in [6.45, 7) is 1.75. The molecule has 0 bridgehead atoms. The van der Waals surface area contributed by atoms with Gasteiger partial charge in [0.2, 0.25) is 0 Å². The van der Waals surface area contributed by atoms with Crippen LogP contribution in [0.4, 0.5) is 0 Å². The van der Waals surface area contributed by atoms with Gasteiger partial charge in [0.25, 0.3) is 0 Å². The van der Waals surface area contributed by atoms with Gasteiger partial charge < -0.3 is 9.84 Å². The van der Waals surface area contributed by atoms with Gasteiger partial charge >= 0.3 is 5.97 Å². The zero-order chi connectivity index (χ0) is 16.1. The van der Waals surface area contributed by atoms with Crippen molar-refractivity contribution in [1.82, 2.24) is 0 Å². The van der Waals surface area contributed by atoms with Crippen LogP contribution < -0.4 is 4.74 Å². The van der Waals surface area contributed by atoms with Crippen LogP contribution in [0.1, 0.15) is 28.4 Å². The first-order valence-electron chi connectivity index (χ1n) is 6.68. The molecule has 4 nitrogen and oxygen atoms in total. The Labute approximate surface area is 133 Å². The van der Waals surface area contributed by atoms with Crippen LogP contribution in [0.2, 0.25) is 5.02 Å². The van der Waals surface area contributed by atoms with E-state index in [-0.39, 0.29) is 12.2 Å². The third-order valence-corrected chi connectivity index (χ3v) is 3.37. The number of hydrogen-bond acceptors (Lipinski definition) is 3. The lowest BCUT2D eigenvalue weighted by Crippen LogP contribution is -2.07. The minimum absolute atomic E-state index is 0.166. The quantitative estimate of drug-likeness (QED) is 0.824. The van der Waals surface area contributed by atoms with E-state index in [0.29, 0.717) is 28.5 Å². The molecule has 0 unspecified atom stereocenters. The Hall–Kier alpha value is -2.33. The first kappa shape index (κ1) is 16.0. The summed E-state index contributed by atoms with van der Waals surface area (Å²) in [5.74, 6) is -0.631. The Kier molecular flexibility index (Phi) is 5.17. The Morgan fingerprint density at radius 1 is 1.14 bits per heavy atom. The number of rotatable bonds is 6. The zero-order valence-corrected chi connectivity index (χ0v) is 12.8. The van der Waals surface area contributed by atoms with E-state index in [9.17, 15) is 9.59 Å². The predicted octanol–water partition coefficient (Wildman–Crippen LogP) is 3.75. The molecule has 0 aromatic heterocycles. The van der Waals surface area contributed by atoms with Gasteiger partial charge in [-0.2, -0.15) is 0 Å². The second-order valence-corrected chi connectivity index (χ2v) is 5.30. The molecule has 0 atom stereocenters. The number of aliphatic carboxylic acids is 1. The summed E-state index contributed by atoms with van der Waals surface area (Å²) >= 11 is 5.82. The highest BCUT2D eigenvalue weighted by atomic mass is 35.5. The van der Waals surface area contributed by atoms with Gasteiger partial charge in [0.05, 0.1) is 6.42 Å². The fourth-order valence-electron chi connectivity index (χ4n) is 2.06. The van der Waals surface area contributed by atoms with Crippen molar-refractivity contribution in [2.45, 2.75) is 20.0 Å². The standard InChI is InChI=1S/C17H15ClO4/c1-11(19)16-7-6-15(8-13(16)9-17(20)21)22-10-12-2-4-14(18)5-3-12/h2-8H,9-10H2,1H3,(H,20,21). The number of carboxylic acid groups (broad SMARTS) is 1. The van der Waals surface area contributed by atoms with E-state index in [1.54, 1.807) is 30.3 Å². The van der Waals surface area contributed by atoms with Gasteiger partial charge in [0, 0.05) is 10.6 Å². The van der Waals surface area contributed by atoms with Crippen LogP contribution in [0, 0.1) is 0 Å². The molecule has 0 amide bonds. The van der Waals surface area contributed by atoms with Crippen LogP contribution in [0.15, 0.2) is 42.5 Å². The normalized spacial score (nSPS) is 10.3. The van der Waals surface area contributed by atoms with E-state index < -0.39 is 5.97 Å². The third-order valence-electron chi connectivity index (χ3n) is 3.12. The van der Waals surface area contributed by atoms with Crippen LogP contribution >= 0.6 is 11.6 Å². The maximum Gasteiger partial charge on any atom is 0.307 e. The SMILES string of the molecule is CC(=O)c1ccc(OCc2ccc(Cl)cc2)cc1CC(=O)O. The Bertz CT molecular complexity index is 692. The second-order valence-electron chi connectivity index (χ2n) is 4.86. The van der Waals surface area contributed by atoms with Crippen molar-refractivity contribution in [3.63, 3.8) is 0 Å². The fourth-order valence-corrected chi connectivity index (χ4v) is 2.19. The molecule has 0 saturated heterocycles. The van der Waals surface area contributed by atoms with Crippen molar-refractivity contribution in [3.8, 4) is 5.75 Å². The van der Waals surface area contributed by atoms with Crippen molar-refractivity contribution in [3.05, 3.63) is 64.2 Å². The molecule has 5 heteroatoms. The number of Topliss-reactive ketones (excluding diaryl/α,β-unsaturated/α-hetero) is 1. The molecular weight excluding hydrogens is 304 g/mol. The lowest BCUT2D eigenvalue weighted by Gasteiger charge is -2.10. The number of ether oxygens (including phenoxy) is 1. The molecule has 2 rings (SSSR count). The number of hydrogen-bond donors (Lipinski definition) is 1. The van der Waals surface area contributed by atoms with E-state index >= 15 is 0 Å². The Balaban J connectivity index is 2.15. The molecule has 22 heavy (non-hydrogen) atoms. The fraction of sp³-hybridized carbons (Fsp3) is 0.176. The van der Waals surface area contributed by atoms with Crippen molar-refractivity contribution < 1.29 is 19.4 Å². The lowest BCUT2D eigenvalue weighted by molar-refractivity contribution is -0.136. The minimum Gasteiger partial charge on any atom is -0.489 e. The smallest absolute Gasteiger partial charge is 0.307 e. The molecule has 0 aliphatic carbocycles. The second kappa shape index (κ2) is 7.09. The third kappa shape index (κ3) is 4.33. The molecule has 2 aromatic rings. The summed E-state index contributed by atoms with van der Waals surface area (Å²) in [5.41, 5.74) is 1.80. The van der Waals surface area contributed by atoms with Gasteiger partial charge in [-0.3, -0.25) is 9.59 Å². The highest BCUT2D eigenvalue weighted by Crippen LogP contribution is 2.21. The van der Waals surface area contributed by atoms with Crippen LogP contribution in [0.3, 0.4) is 0 Å². The number of carboxylic acids is 1. The molecule has 0 fully saturated rings. The average Bonchev–Trinajstić information content (AvgIpc) is 2.46. The Morgan fingerprint density at radius 3 is 2.41 bits per heavy atom. The molecule has 2 aromatic carbocycles. The van der Waals surface area contributed by atoms with Crippen LogP contribution in [0.5, 0.6) is 5.75 Å². The molecular formula is C17H15ClO4. The number of benzene rings is 2. The van der Waals surface area contributed by atoms with Gasteiger partial charge in [0.15, 0.2) is 5.78 Å². The molecule has 0 aliphatic rings. The topological polar surface area (TPSA) is 63.6 Å². The molecule has 0 aliphatic heterocycles. The number of carbonyl (C=O) groups excluding carboxylic acids is 1.